The zero-order valence-corrected chi connectivity index (χ0v) is 9.63. The highest BCUT2D eigenvalue weighted by Crippen LogP contribution is 2.10. The fraction of sp³-hybridized carbons (Fsp3) is 0.273. The smallest absolute Gasteiger partial charge is 0.260 e. The number of carbonyl (C=O) groups excluding carboxylic acids is 2. The van der Waals surface area contributed by atoms with Crippen molar-refractivity contribution in [1.29, 1.82) is 0 Å². The summed E-state index contributed by atoms with van der Waals surface area (Å²) in [7, 11) is 0. The van der Waals surface area contributed by atoms with Gasteiger partial charge in [-0.1, -0.05) is 12.1 Å². The highest BCUT2D eigenvalue weighted by molar-refractivity contribution is 5.81. The van der Waals surface area contributed by atoms with Crippen LogP contribution in [0.5, 0.6) is 5.75 Å². The predicted octanol–water partition coefficient (Wildman–Crippen LogP) is -1.20. The third kappa shape index (κ3) is 4.81. The Morgan fingerprint density at radius 3 is 2.50 bits per heavy atom. The van der Waals surface area contributed by atoms with Gasteiger partial charge in [0.1, 0.15) is 5.75 Å². The van der Waals surface area contributed by atoms with Crippen LogP contribution in [-0.4, -0.2) is 29.6 Å². The van der Waals surface area contributed by atoms with Crippen LogP contribution in [0.2, 0.25) is 0 Å². The molecule has 1 aromatic rings. The summed E-state index contributed by atoms with van der Waals surface area (Å²) < 4.78 is 0. The van der Waals surface area contributed by atoms with Gasteiger partial charge in [0.15, 0.2) is 6.61 Å². The summed E-state index contributed by atoms with van der Waals surface area (Å²) in [5.41, 5.74) is 13.3. The van der Waals surface area contributed by atoms with Crippen LogP contribution in [0.15, 0.2) is 24.3 Å². The molecule has 0 fully saturated rings. The first-order valence-corrected chi connectivity index (χ1v) is 5.22. The second kappa shape index (κ2) is 6.58. The predicted molar refractivity (Wildman–Crippen MR) is 63.1 cm³/mol. The van der Waals surface area contributed by atoms with Crippen molar-refractivity contribution in [3.05, 3.63) is 29.8 Å². The van der Waals surface area contributed by atoms with E-state index in [0.717, 1.165) is 5.56 Å². The number of aromatic hydroxyl groups is 1. The van der Waals surface area contributed by atoms with Crippen molar-refractivity contribution in [3.63, 3.8) is 0 Å². The van der Waals surface area contributed by atoms with Crippen molar-refractivity contribution in [2.75, 3.05) is 6.61 Å². The number of primary amides is 1. The SMILES string of the molecule is NC(=O)CONC(=O)[C@@H](N)Cc1ccc(O)cc1. The van der Waals surface area contributed by atoms with E-state index in [0.29, 0.717) is 0 Å². The molecule has 0 radical (unpaired) electrons. The molecule has 1 atom stereocenters. The number of carbonyl (C=O) groups is 2. The van der Waals surface area contributed by atoms with Crippen LogP contribution in [0, 0.1) is 0 Å². The molecule has 0 aromatic heterocycles. The summed E-state index contributed by atoms with van der Waals surface area (Å²) >= 11 is 0. The van der Waals surface area contributed by atoms with Crippen molar-refractivity contribution in [2.45, 2.75) is 12.5 Å². The fourth-order valence-corrected chi connectivity index (χ4v) is 1.23. The standard InChI is InChI=1S/C11H15N3O4/c12-9(11(17)14-18-6-10(13)16)5-7-1-3-8(15)4-2-7/h1-4,9,15H,5-6,12H2,(H2,13,16)(H,14,17)/t9-/m0/s1. The quantitative estimate of drug-likeness (QED) is 0.473. The molecule has 1 rings (SSSR count). The highest BCUT2D eigenvalue weighted by Gasteiger charge is 2.14. The van der Waals surface area contributed by atoms with Crippen LogP contribution >= 0.6 is 0 Å². The molecule has 1 aromatic carbocycles. The van der Waals surface area contributed by atoms with Gasteiger partial charge in [-0.05, 0) is 24.1 Å². The number of hydrogen-bond donors (Lipinski definition) is 4. The molecule has 0 aliphatic carbocycles. The molecule has 7 heteroatoms. The van der Waals surface area contributed by atoms with Gasteiger partial charge in [0.25, 0.3) is 5.91 Å². The maximum absolute atomic E-state index is 11.4. The normalized spacial score (nSPS) is 11.8. The largest absolute Gasteiger partial charge is 0.508 e. The topological polar surface area (TPSA) is 128 Å². The number of hydroxylamine groups is 1. The molecule has 0 aliphatic heterocycles. The van der Waals surface area contributed by atoms with Gasteiger partial charge in [-0.2, -0.15) is 0 Å². The molecule has 0 bridgehead atoms. The van der Waals surface area contributed by atoms with Gasteiger partial charge in [0.2, 0.25) is 5.91 Å². The minimum atomic E-state index is -0.817. The molecule has 0 saturated heterocycles. The minimum absolute atomic E-state index is 0.140. The van der Waals surface area contributed by atoms with Gasteiger partial charge in [-0.15, -0.1) is 0 Å². The van der Waals surface area contributed by atoms with Gasteiger partial charge in [0.05, 0.1) is 6.04 Å². The summed E-state index contributed by atoms with van der Waals surface area (Å²) in [6, 6.07) is 5.51. The average molecular weight is 253 g/mol. The minimum Gasteiger partial charge on any atom is -0.508 e. The molecule has 2 amide bonds. The third-order valence-electron chi connectivity index (χ3n) is 2.12. The molecule has 0 saturated carbocycles. The maximum atomic E-state index is 11.4. The number of rotatable bonds is 6. The second-order valence-corrected chi connectivity index (χ2v) is 3.70. The van der Waals surface area contributed by atoms with Crippen LogP contribution in [0.4, 0.5) is 0 Å². The Balaban J connectivity index is 2.39. The van der Waals surface area contributed by atoms with E-state index >= 15 is 0 Å². The van der Waals surface area contributed by atoms with Crippen LogP contribution in [0.25, 0.3) is 0 Å². The molecule has 6 N–H and O–H groups in total. The Morgan fingerprint density at radius 1 is 1.33 bits per heavy atom. The Morgan fingerprint density at radius 2 is 1.94 bits per heavy atom. The van der Waals surface area contributed by atoms with Crippen LogP contribution in [0.1, 0.15) is 5.56 Å². The van der Waals surface area contributed by atoms with Crippen molar-refractivity contribution in [3.8, 4) is 5.75 Å². The molecular formula is C11H15N3O4. The number of nitrogens with one attached hydrogen (secondary N) is 1. The molecule has 18 heavy (non-hydrogen) atoms. The van der Waals surface area contributed by atoms with Crippen molar-refractivity contribution >= 4 is 11.8 Å². The first-order chi connectivity index (χ1) is 8.49. The zero-order chi connectivity index (χ0) is 13.5. The van der Waals surface area contributed by atoms with E-state index in [1.54, 1.807) is 12.1 Å². The van der Waals surface area contributed by atoms with E-state index in [1.165, 1.54) is 12.1 Å². The lowest BCUT2D eigenvalue weighted by Gasteiger charge is -2.11. The van der Waals surface area contributed by atoms with Gasteiger partial charge in [-0.3, -0.25) is 14.4 Å². The first kappa shape index (κ1) is 13.9. The molecular weight excluding hydrogens is 238 g/mol. The van der Waals surface area contributed by atoms with Crippen LogP contribution < -0.4 is 16.9 Å². The summed E-state index contributed by atoms with van der Waals surface area (Å²) in [6.07, 6.45) is 0.284. The summed E-state index contributed by atoms with van der Waals surface area (Å²) in [6.45, 7) is -0.405. The first-order valence-electron chi connectivity index (χ1n) is 5.22. The lowest BCUT2D eigenvalue weighted by Crippen LogP contribution is -2.43. The van der Waals surface area contributed by atoms with Gasteiger partial charge >= 0.3 is 0 Å². The molecule has 0 heterocycles. The Kier molecular flexibility index (Phi) is 5.09. The van der Waals surface area contributed by atoms with E-state index in [4.69, 9.17) is 16.6 Å². The fourth-order valence-electron chi connectivity index (χ4n) is 1.23. The number of nitrogens with two attached hydrogens (primary N) is 2. The van der Waals surface area contributed by atoms with Crippen molar-refractivity contribution in [1.82, 2.24) is 5.48 Å². The number of phenolic OH excluding ortho intramolecular Hbond substituents is 1. The number of benzene rings is 1. The van der Waals surface area contributed by atoms with E-state index in [9.17, 15) is 9.59 Å². The maximum Gasteiger partial charge on any atom is 0.260 e. The van der Waals surface area contributed by atoms with E-state index in [-0.39, 0.29) is 12.2 Å². The second-order valence-electron chi connectivity index (χ2n) is 3.70. The van der Waals surface area contributed by atoms with E-state index in [1.807, 2.05) is 5.48 Å². The average Bonchev–Trinajstić information content (AvgIpc) is 2.31. The third-order valence-corrected chi connectivity index (χ3v) is 2.12. The monoisotopic (exact) mass is 253 g/mol. The van der Waals surface area contributed by atoms with Gasteiger partial charge in [-0.25, -0.2) is 5.48 Å². The number of amides is 2. The summed E-state index contributed by atoms with van der Waals surface area (Å²) in [5, 5.41) is 9.09. The molecule has 0 unspecified atom stereocenters. The lowest BCUT2D eigenvalue weighted by molar-refractivity contribution is -0.138. The highest BCUT2D eigenvalue weighted by atomic mass is 16.7. The number of phenols is 1. The molecule has 7 nitrogen and oxygen atoms in total. The van der Waals surface area contributed by atoms with Crippen molar-refractivity contribution in [2.24, 2.45) is 11.5 Å². The van der Waals surface area contributed by atoms with E-state index < -0.39 is 24.5 Å². The number of hydrogen-bond acceptors (Lipinski definition) is 5. The van der Waals surface area contributed by atoms with Gasteiger partial charge < -0.3 is 16.6 Å². The molecule has 98 valence electrons. The van der Waals surface area contributed by atoms with Crippen LogP contribution in [-0.2, 0) is 20.8 Å². The Hall–Kier alpha value is -2.12. The van der Waals surface area contributed by atoms with E-state index in [2.05, 4.69) is 4.84 Å². The Labute approximate surface area is 104 Å². The Bertz CT molecular complexity index is 419. The van der Waals surface area contributed by atoms with Crippen LogP contribution in [0.3, 0.4) is 0 Å². The summed E-state index contributed by atoms with van der Waals surface area (Å²) in [4.78, 5) is 26.3. The zero-order valence-electron chi connectivity index (χ0n) is 9.63. The molecule has 0 aliphatic rings. The van der Waals surface area contributed by atoms with Crippen molar-refractivity contribution < 1.29 is 19.5 Å². The van der Waals surface area contributed by atoms with Gasteiger partial charge in [0, 0.05) is 0 Å². The summed E-state index contributed by atoms with van der Waals surface area (Å²) in [5.74, 6) is -1.10. The lowest BCUT2D eigenvalue weighted by atomic mass is 10.1. The molecule has 0 spiro atoms.